The van der Waals surface area contributed by atoms with Gasteiger partial charge in [-0.25, -0.2) is 8.42 Å². The molecule has 1 saturated heterocycles. The lowest BCUT2D eigenvalue weighted by Gasteiger charge is -2.06. The molecule has 1 aromatic carbocycles. The molecule has 1 atom stereocenters. The van der Waals surface area contributed by atoms with Gasteiger partial charge in [-0.1, -0.05) is 17.8 Å². The normalized spacial score (nSPS) is 18.8. The minimum atomic E-state index is -2.91. The SMILES string of the molecule is Cc1cc(C)cc(NC(=O)CSc2nnc(C[C@@H]3CCS(=O)(=O)C3)o2)c1. The Morgan fingerprint density at radius 1 is 1.27 bits per heavy atom. The van der Waals surface area contributed by atoms with Crippen molar-refractivity contribution in [2.75, 3.05) is 22.6 Å². The average molecular weight is 396 g/mol. The van der Waals surface area contributed by atoms with E-state index in [0.717, 1.165) is 28.6 Å². The standard InChI is InChI=1S/C17H21N3O4S2/c1-11-5-12(2)7-14(6-11)18-15(21)9-25-17-20-19-16(24-17)8-13-3-4-26(22,23)10-13/h5-7,13H,3-4,8-10H2,1-2H3,(H,18,21)/t13-/m0/s1. The van der Waals surface area contributed by atoms with E-state index in [4.69, 9.17) is 4.42 Å². The Morgan fingerprint density at radius 2 is 2.00 bits per heavy atom. The molecule has 0 spiro atoms. The lowest BCUT2D eigenvalue weighted by Crippen LogP contribution is -2.14. The van der Waals surface area contributed by atoms with Crippen molar-refractivity contribution in [3.8, 4) is 0 Å². The van der Waals surface area contributed by atoms with Crippen LogP contribution in [0.4, 0.5) is 5.69 Å². The molecular formula is C17H21N3O4S2. The van der Waals surface area contributed by atoms with Gasteiger partial charge in [0.1, 0.15) is 0 Å². The number of nitrogens with one attached hydrogen (secondary N) is 1. The third-order valence-corrected chi connectivity index (χ3v) is 6.73. The Morgan fingerprint density at radius 3 is 2.65 bits per heavy atom. The minimum absolute atomic E-state index is 0.0335. The van der Waals surface area contributed by atoms with E-state index in [9.17, 15) is 13.2 Å². The molecule has 26 heavy (non-hydrogen) atoms. The minimum Gasteiger partial charge on any atom is -0.416 e. The largest absolute Gasteiger partial charge is 0.416 e. The second kappa shape index (κ2) is 7.79. The summed E-state index contributed by atoms with van der Waals surface area (Å²) in [6.45, 7) is 3.96. The molecule has 7 nitrogen and oxygen atoms in total. The average Bonchev–Trinajstić information content (AvgIpc) is 3.10. The number of thioether (sulfide) groups is 1. The van der Waals surface area contributed by atoms with E-state index >= 15 is 0 Å². The summed E-state index contributed by atoms with van der Waals surface area (Å²) in [5.41, 5.74) is 2.94. The molecule has 0 radical (unpaired) electrons. The topological polar surface area (TPSA) is 102 Å². The van der Waals surface area contributed by atoms with Crippen molar-refractivity contribution in [2.45, 2.75) is 31.9 Å². The van der Waals surface area contributed by atoms with E-state index < -0.39 is 9.84 Å². The van der Waals surface area contributed by atoms with E-state index in [0.29, 0.717) is 24.0 Å². The molecule has 140 valence electrons. The molecular weight excluding hydrogens is 374 g/mol. The number of aryl methyl sites for hydroxylation is 2. The molecule has 0 bridgehead atoms. The summed E-state index contributed by atoms with van der Waals surface area (Å²) in [5, 5.41) is 11.0. The van der Waals surface area contributed by atoms with Gasteiger partial charge in [-0.05, 0) is 49.4 Å². The van der Waals surface area contributed by atoms with Gasteiger partial charge in [-0.3, -0.25) is 4.79 Å². The van der Waals surface area contributed by atoms with E-state index in [1.165, 1.54) is 0 Å². The van der Waals surface area contributed by atoms with Crippen LogP contribution in [0.15, 0.2) is 27.8 Å². The van der Waals surface area contributed by atoms with Gasteiger partial charge in [0.2, 0.25) is 11.8 Å². The first-order chi connectivity index (χ1) is 12.3. The van der Waals surface area contributed by atoms with Crippen LogP contribution < -0.4 is 5.32 Å². The maximum Gasteiger partial charge on any atom is 0.277 e. The Bertz CT molecular complexity index is 888. The van der Waals surface area contributed by atoms with Crippen LogP contribution in [-0.4, -0.2) is 41.8 Å². The molecule has 2 aromatic rings. The lowest BCUT2D eigenvalue weighted by atomic mass is 10.1. The highest BCUT2D eigenvalue weighted by Gasteiger charge is 2.29. The summed E-state index contributed by atoms with van der Waals surface area (Å²) in [5.74, 6) is 0.867. The van der Waals surface area contributed by atoms with Crippen molar-refractivity contribution in [1.82, 2.24) is 10.2 Å². The van der Waals surface area contributed by atoms with Crippen LogP contribution in [0.1, 0.15) is 23.4 Å². The first-order valence-corrected chi connectivity index (χ1v) is 11.1. The smallest absolute Gasteiger partial charge is 0.277 e. The third-order valence-electron chi connectivity index (χ3n) is 4.07. The number of anilines is 1. The van der Waals surface area contributed by atoms with Gasteiger partial charge in [0.25, 0.3) is 5.22 Å². The molecule has 1 aromatic heterocycles. The first-order valence-electron chi connectivity index (χ1n) is 8.33. The van der Waals surface area contributed by atoms with E-state index in [1.807, 2.05) is 32.0 Å². The van der Waals surface area contributed by atoms with Crippen LogP contribution in [0, 0.1) is 19.8 Å². The highest BCUT2D eigenvalue weighted by atomic mass is 32.2. The van der Waals surface area contributed by atoms with E-state index in [1.54, 1.807) is 0 Å². The van der Waals surface area contributed by atoms with E-state index in [-0.39, 0.29) is 29.1 Å². The molecule has 0 aliphatic carbocycles. The van der Waals surface area contributed by atoms with Crippen LogP contribution in [0.2, 0.25) is 0 Å². The Balaban J connectivity index is 1.49. The predicted octanol–water partition coefficient (Wildman–Crippen LogP) is 2.39. The van der Waals surface area contributed by atoms with Gasteiger partial charge < -0.3 is 9.73 Å². The van der Waals surface area contributed by atoms with Gasteiger partial charge in [-0.2, -0.15) is 0 Å². The summed E-state index contributed by atoms with van der Waals surface area (Å²) in [7, 11) is -2.91. The maximum absolute atomic E-state index is 12.1. The fraction of sp³-hybridized carbons (Fsp3) is 0.471. The molecule has 0 unspecified atom stereocenters. The van der Waals surface area contributed by atoms with Crippen LogP contribution in [0.5, 0.6) is 0 Å². The number of aromatic nitrogens is 2. The van der Waals surface area contributed by atoms with Crippen molar-refractivity contribution < 1.29 is 17.6 Å². The lowest BCUT2D eigenvalue weighted by molar-refractivity contribution is -0.113. The first kappa shape index (κ1) is 18.9. The predicted molar refractivity (Wildman–Crippen MR) is 100 cm³/mol. The second-order valence-corrected chi connectivity index (χ2v) is 9.80. The van der Waals surface area contributed by atoms with E-state index in [2.05, 4.69) is 15.5 Å². The van der Waals surface area contributed by atoms with Crippen LogP contribution in [0.3, 0.4) is 0 Å². The summed E-state index contributed by atoms with van der Waals surface area (Å²) in [4.78, 5) is 12.1. The van der Waals surface area contributed by atoms with Crippen molar-refractivity contribution in [1.29, 1.82) is 0 Å². The summed E-state index contributed by atoms with van der Waals surface area (Å²) >= 11 is 1.16. The number of carbonyl (C=O) groups is 1. The number of amides is 1. The number of rotatable bonds is 6. The molecule has 9 heteroatoms. The van der Waals surface area contributed by atoms with Crippen molar-refractivity contribution in [3.63, 3.8) is 0 Å². The quantitative estimate of drug-likeness (QED) is 0.749. The maximum atomic E-state index is 12.1. The molecule has 1 aliphatic heterocycles. The van der Waals surface area contributed by atoms with Crippen LogP contribution in [0.25, 0.3) is 0 Å². The highest BCUT2D eigenvalue weighted by Crippen LogP contribution is 2.24. The third kappa shape index (κ3) is 5.31. The van der Waals surface area contributed by atoms with Crippen molar-refractivity contribution in [3.05, 3.63) is 35.2 Å². The zero-order valence-electron chi connectivity index (χ0n) is 14.7. The monoisotopic (exact) mass is 395 g/mol. The summed E-state index contributed by atoms with van der Waals surface area (Å²) < 4.78 is 28.5. The fourth-order valence-corrected chi connectivity index (χ4v) is 5.47. The number of hydrogen-bond acceptors (Lipinski definition) is 7. The Kier molecular flexibility index (Phi) is 5.67. The summed E-state index contributed by atoms with van der Waals surface area (Å²) in [6.07, 6.45) is 1.09. The van der Waals surface area contributed by atoms with Crippen LogP contribution >= 0.6 is 11.8 Å². The molecule has 1 fully saturated rings. The number of carbonyl (C=O) groups excluding carboxylic acids is 1. The Hall–Kier alpha value is -1.87. The zero-order valence-corrected chi connectivity index (χ0v) is 16.3. The number of nitrogens with zero attached hydrogens (tertiary/aromatic N) is 2. The molecule has 3 rings (SSSR count). The number of hydrogen-bond donors (Lipinski definition) is 1. The highest BCUT2D eigenvalue weighted by molar-refractivity contribution is 7.99. The second-order valence-electron chi connectivity index (χ2n) is 6.65. The van der Waals surface area contributed by atoms with Gasteiger partial charge in [0.05, 0.1) is 17.3 Å². The molecule has 1 amide bonds. The van der Waals surface area contributed by atoms with Gasteiger partial charge in [-0.15, -0.1) is 10.2 Å². The molecule has 1 aliphatic rings. The zero-order chi connectivity index (χ0) is 18.7. The molecule has 0 saturated carbocycles. The molecule has 2 heterocycles. The van der Waals surface area contributed by atoms with Crippen molar-refractivity contribution >= 4 is 33.2 Å². The van der Waals surface area contributed by atoms with Crippen LogP contribution in [-0.2, 0) is 21.1 Å². The summed E-state index contributed by atoms with van der Waals surface area (Å²) in [6, 6.07) is 5.87. The fourth-order valence-electron chi connectivity index (χ4n) is 3.03. The van der Waals surface area contributed by atoms with Gasteiger partial charge >= 0.3 is 0 Å². The van der Waals surface area contributed by atoms with Gasteiger partial charge in [0, 0.05) is 12.1 Å². The molecule has 1 N–H and O–H groups in total. The van der Waals surface area contributed by atoms with Gasteiger partial charge in [0.15, 0.2) is 9.84 Å². The Labute approximate surface area is 156 Å². The number of benzene rings is 1. The number of sulfone groups is 1. The van der Waals surface area contributed by atoms with Crippen molar-refractivity contribution in [2.24, 2.45) is 5.92 Å².